The van der Waals surface area contributed by atoms with Gasteiger partial charge in [-0.25, -0.2) is 0 Å². The van der Waals surface area contributed by atoms with Gasteiger partial charge in [-0.1, -0.05) is 127 Å². The molecule has 8 aromatic rings. The van der Waals surface area contributed by atoms with Gasteiger partial charge in [-0.05, 0) is 128 Å². The number of anilines is 3. The molecule has 0 saturated heterocycles. The van der Waals surface area contributed by atoms with Crippen molar-refractivity contribution in [2.75, 3.05) is 4.90 Å². The van der Waals surface area contributed by atoms with E-state index in [1.165, 1.54) is 66.1 Å². The molecule has 0 atom stereocenters. The first-order valence-electron chi connectivity index (χ1n) is 16.3. The van der Waals surface area contributed by atoms with Crippen molar-refractivity contribution in [3.05, 3.63) is 187 Å². The normalized spacial score (nSPS) is 11.2. The summed E-state index contributed by atoms with van der Waals surface area (Å²) in [5.74, 6) is 0. The molecule has 0 saturated carbocycles. The maximum atomic E-state index is 2.38. The summed E-state index contributed by atoms with van der Waals surface area (Å²) in [5, 5.41) is 4.98. The van der Waals surface area contributed by atoms with E-state index >= 15 is 0 Å². The Balaban J connectivity index is 1.26. The Morgan fingerprint density at radius 3 is 1.47 bits per heavy atom. The number of para-hydroxylation sites is 2. The van der Waals surface area contributed by atoms with E-state index in [4.69, 9.17) is 0 Å². The molecule has 0 amide bonds. The van der Waals surface area contributed by atoms with Crippen molar-refractivity contribution >= 4 is 38.6 Å². The average molecular weight is 602 g/mol. The summed E-state index contributed by atoms with van der Waals surface area (Å²) in [4.78, 5) is 2.32. The standard InChI is InChI=1S/C46H35N/c1-32-13-9-11-19-41(32)37-24-27-45(42-20-12-10-14-33(42)2)46(31-37)35-23-26-43-34(29-35)21-22-36-30-40(25-28-44(36)43)47(38-15-5-3-6-16-38)39-17-7-4-8-18-39/h3-31H,1-2H3. The third-order valence-electron chi connectivity index (χ3n) is 9.33. The van der Waals surface area contributed by atoms with Crippen molar-refractivity contribution in [3.63, 3.8) is 0 Å². The van der Waals surface area contributed by atoms with Crippen molar-refractivity contribution < 1.29 is 0 Å². The number of fused-ring (bicyclic) bond motifs is 3. The highest BCUT2D eigenvalue weighted by Gasteiger charge is 2.15. The summed E-state index contributed by atoms with van der Waals surface area (Å²) in [7, 11) is 0. The average Bonchev–Trinajstić information content (AvgIpc) is 3.12. The Hall–Kier alpha value is -5.92. The first-order chi connectivity index (χ1) is 23.1. The lowest BCUT2D eigenvalue weighted by atomic mass is 9.88. The summed E-state index contributed by atoms with van der Waals surface area (Å²) in [6, 6.07) is 63.8. The van der Waals surface area contributed by atoms with Crippen LogP contribution in [0.2, 0.25) is 0 Å². The zero-order valence-corrected chi connectivity index (χ0v) is 26.7. The van der Waals surface area contributed by atoms with Gasteiger partial charge in [0.2, 0.25) is 0 Å². The lowest BCUT2D eigenvalue weighted by Crippen LogP contribution is -2.09. The highest BCUT2D eigenvalue weighted by atomic mass is 15.1. The van der Waals surface area contributed by atoms with E-state index in [1.54, 1.807) is 0 Å². The Kier molecular flexibility index (Phi) is 7.36. The summed E-state index contributed by atoms with van der Waals surface area (Å²) >= 11 is 0. The first kappa shape index (κ1) is 28.5. The van der Waals surface area contributed by atoms with Crippen LogP contribution >= 0.6 is 0 Å². The Morgan fingerprint density at radius 1 is 0.319 bits per heavy atom. The Labute approximate surface area is 277 Å². The predicted molar refractivity (Wildman–Crippen MR) is 202 cm³/mol. The molecular weight excluding hydrogens is 567 g/mol. The van der Waals surface area contributed by atoms with Crippen molar-refractivity contribution in [1.29, 1.82) is 0 Å². The third kappa shape index (κ3) is 5.37. The van der Waals surface area contributed by atoms with Gasteiger partial charge in [-0.15, -0.1) is 0 Å². The van der Waals surface area contributed by atoms with Crippen molar-refractivity contribution in [2.24, 2.45) is 0 Å². The van der Waals surface area contributed by atoms with Gasteiger partial charge in [0.1, 0.15) is 0 Å². The largest absolute Gasteiger partial charge is 0.310 e. The maximum Gasteiger partial charge on any atom is 0.0468 e. The van der Waals surface area contributed by atoms with Crippen LogP contribution in [-0.4, -0.2) is 0 Å². The van der Waals surface area contributed by atoms with Gasteiger partial charge >= 0.3 is 0 Å². The number of rotatable bonds is 6. The van der Waals surface area contributed by atoms with Gasteiger partial charge in [0, 0.05) is 17.1 Å². The predicted octanol–water partition coefficient (Wildman–Crippen LogP) is 13.1. The fourth-order valence-electron chi connectivity index (χ4n) is 6.92. The number of aryl methyl sites for hydroxylation is 2. The number of hydrogen-bond donors (Lipinski definition) is 0. The van der Waals surface area contributed by atoms with Crippen molar-refractivity contribution in [1.82, 2.24) is 0 Å². The summed E-state index contributed by atoms with van der Waals surface area (Å²) in [6.07, 6.45) is 0. The number of hydrogen-bond acceptors (Lipinski definition) is 1. The molecule has 0 fully saturated rings. The molecule has 1 heteroatoms. The molecule has 0 unspecified atom stereocenters. The third-order valence-corrected chi connectivity index (χ3v) is 9.33. The maximum absolute atomic E-state index is 2.38. The highest BCUT2D eigenvalue weighted by molar-refractivity contribution is 6.10. The SMILES string of the molecule is Cc1ccccc1-c1ccc(-c2ccccc2C)c(-c2ccc3c(ccc4cc(N(c5ccccc5)c5ccccc5)ccc43)c2)c1. The Morgan fingerprint density at radius 2 is 0.830 bits per heavy atom. The molecule has 8 aromatic carbocycles. The van der Waals surface area contributed by atoms with Gasteiger partial charge in [-0.3, -0.25) is 0 Å². The van der Waals surface area contributed by atoms with Crippen LogP contribution in [0, 0.1) is 13.8 Å². The van der Waals surface area contributed by atoms with E-state index < -0.39 is 0 Å². The van der Waals surface area contributed by atoms with Crippen LogP contribution < -0.4 is 4.90 Å². The van der Waals surface area contributed by atoms with E-state index in [2.05, 4.69) is 195 Å². The molecule has 0 heterocycles. The minimum atomic E-state index is 1.14. The van der Waals surface area contributed by atoms with Gasteiger partial charge in [0.05, 0.1) is 0 Å². The molecule has 0 spiro atoms. The molecule has 224 valence electrons. The van der Waals surface area contributed by atoms with E-state index in [0.29, 0.717) is 0 Å². The molecule has 0 aromatic heterocycles. The zero-order valence-electron chi connectivity index (χ0n) is 26.7. The van der Waals surface area contributed by atoms with Crippen LogP contribution in [0.5, 0.6) is 0 Å². The molecule has 0 N–H and O–H groups in total. The van der Waals surface area contributed by atoms with Crippen LogP contribution in [-0.2, 0) is 0 Å². The molecule has 0 radical (unpaired) electrons. The van der Waals surface area contributed by atoms with Crippen molar-refractivity contribution in [2.45, 2.75) is 13.8 Å². The molecule has 0 bridgehead atoms. The minimum Gasteiger partial charge on any atom is -0.310 e. The van der Waals surface area contributed by atoms with Gasteiger partial charge < -0.3 is 4.90 Å². The van der Waals surface area contributed by atoms with E-state index in [0.717, 1.165) is 17.1 Å². The van der Waals surface area contributed by atoms with Gasteiger partial charge in [-0.2, -0.15) is 0 Å². The molecule has 0 aliphatic heterocycles. The molecule has 1 nitrogen and oxygen atoms in total. The van der Waals surface area contributed by atoms with E-state index in [-0.39, 0.29) is 0 Å². The zero-order chi connectivity index (χ0) is 31.7. The van der Waals surface area contributed by atoms with Crippen LogP contribution in [0.1, 0.15) is 11.1 Å². The summed E-state index contributed by atoms with van der Waals surface area (Å²) in [5.41, 5.74) is 13.5. The number of benzene rings is 8. The molecule has 47 heavy (non-hydrogen) atoms. The fraction of sp³-hybridized carbons (Fsp3) is 0.0435. The topological polar surface area (TPSA) is 3.24 Å². The lowest BCUT2D eigenvalue weighted by Gasteiger charge is -2.25. The van der Waals surface area contributed by atoms with E-state index in [9.17, 15) is 0 Å². The van der Waals surface area contributed by atoms with Crippen LogP contribution in [0.25, 0.3) is 54.9 Å². The highest BCUT2D eigenvalue weighted by Crippen LogP contribution is 2.41. The minimum absolute atomic E-state index is 1.14. The quantitative estimate of drug-likeness (QED) is 0.171. The van der Waals surface area contributed by atoms with Gasteiger partial charge in [0.15, 0.2) is 0 Å². The molecule has 0 aliphatic rings. The summed E-state index contributed by atoms with van der Waals surface area (Å²) in [6.45, 7) is 4.39. The van der Waals surface area contributed by atoms with Crippen molar-refractivity contribution in [3.8, 4) is 33.4 Å². The Bertz CT molecular complexity index is 2330. The second-order valence-electron chi connectivity index (χ2n) is 12.3. The summed E-state index contributed by atoms with van der Waals surface area (Å²) < 4.78 is 0. The van der Waals surface area contributed by atoms with Crippen LogP contribution in [0.4, 0.5) is 17.1 Å². The molecule has 0 aliphatic carbocycles. The second kappa shape index (κ2) is 12.1. The van der Waals surface area contributed by atoms with E-state index in [1.807, 2.05) is 0 Å². The second-order valence-corrected chi connectivity index (χ2v) is 12.3. The smallest absolute Gasteiger partial charge is 0.0468 e. The van der Waals surface area contributed by atoms with Gasteiger partial charge in [0.25, 0.3) is 0 Å². The fourth-order valence-corrected chi connectivity index (χ4v) is 6.92. The first-order valence-corrected chi connectivity index (χ1v) is 16.3. The monoisotopic (exact) mass is 601 g/mol. The number of nitrogens with zero attached hydrogens (tertiary/aromatic N) is 1. The lowest BCUT2D eigenvalue weighted by molar-refractivity contribution is 1.29. The molecule has 8 rings (SSSR count). The van der Waals surface area contributed by atoms with Crippen LogP contribution in [0.3, 0.4) is 0 Å². The van der Waals surface area contributed by atoms with Crippen LogP contribution in [0.15, 0.2) is 176 Å². The molecular formula is C46H35N.